The van der Waals surface area contributed by atoms with Crippen LogP contribution in [0.2, 0.25) is 0 Å². The first kappa shape index (κ1) is 82.9. The minimum Gasteiger partial charge on any atom is -0.466 e. The first-order chi connectivity index (χ1) is 41.5. The van der Waals surface area contributed by atoms with Gasteiger partial charge in [0.05, 0.1) is 25.4 Å². The monoisotopic (exact) mass is 1190 g/mol. The van der Waals surface area contributed by atoms with Crippen LogP contribution >= 0.6 is 0 Å². The number of hydrogen-bond acceptors (Lipinski definition) is 5. The van der Waals surface area contributed by atoms with Crippen LogP contribution < -0.4 is 5.32 Å². The van der Waals surface area contributed by atoms with Crippen LogP contribution in [0.1, 0.15) is 463 Å². The summed E-state index contributed by atoms with van der Waals surface area (Å²) < 4.78 is 5.48. The van der Waals surface area contributed by atoms with Crippen molar-refractivity contribution in [2.75, 3.05) is 13.2 Å². The zero-order valence-corrected chi connectivity index (χ0v) is 57.7. The fraction of sp³-hybridized carbons (Fsp3) is 0.974. The molecule has 6 heteroatoms. The zero-order valence-electron chi connectivity index (χ0n) is 57.7. The molecule has 0 aromatic carbocycles. The van der Waals surface area contributed by atoms with E-state index < -0.39 is 12.1 Å². The Morgan fingerprint density at radius 3 is 0.726 bits per heavy atom. The van der Waals surface area contributed by atoms with E-state index in [0.717, 1.165) is 38.5 Å². The van der Waals surface area contributed by atoms with E-state index in [1.54, 1.807) is 0 Å². The van der Waals surface area contributed by atoms with Crippen molar-refractivity contribution in [3.63, 3.8) is 0 Å². The van der Waals surface area contributed by atoms with Crippen molar-refractivity contribution in [3.05, 3.63) is 0 Å². The molecule has 0 spiro atoms. The Kier molecular flexibility index (Phi) is 73.3. The lowest BCUT2D eigenvalue weighted by Crippen LogP contribution is -2.45. The van der Waals surface area contributed by atoms with E-state index >= 15 is 0 Å². The molecule has 0 rings (SSSR count). The summed E-state index contributed by atoms with van der Waals surface area (Å²) in [4.78, 5) is 24.6. The lowest BCUT2D eigenvalue weighted by molar-refractivity contribution is -0.143. The Labute approximate surface area is 527 Å². The summed E-state index contributed by atoms with van der Waals surface area (Å²) in [5.74, 6) is -0.00223. The molecule has 0 bridgehead atoms. The number of aliphatic hydroxyl groups is 2. The SMILES string of the molecule is CCCCCCCCCCCCCCCCCCCCCCCCCCCC(O)C(CO)NC(=O)CCCCCCCCCCCCCCCCCCCCCCCCCCCCCCCCCOC(=O)CCCCCCCCCCCCC. The number of hydrogen-bond donors (Lipinski definition) is 3. The normalized spacial score (nSPS) is 12.4. The minimum atomic E-state index is -0.662. The van der Waals surface area contributed by atoms with Gasteiger partial charge in [0.25, 0.3) is 0 Å². The summed E-state index contributed by atoms with van der Waals surface area (Å²) in [7, 11) is 0. The molecular formula is C78H155NO5. The standard InChI is InChI=1S/C78H155NO5/c1-3-5-7-9-11-13-15-16-17-18-19-20-21-29-32-35-38-41-44-47-51-54-58-62-66-70-76(81)75(74-80)79-77(82)71-67-63-59-55-52-48-45-42-39-36-33-30-27-25-23-22-24-26-28-31-34-37-40-43-46-49-53-57-61-65-69-73-84-78(83)72-68-64-60-56-50-14-12-10-8-6-4-2/h75-76,80-81H,3-74H2,1-2H3,(H,79,82). The predicted octanol–water partition coefficient (Wildman–Crippen LogP) is 25.7. The van der Waals surface area contributed by atoms with Crippen molar-refractivity contribution in [2.45, 2.75) is 475 Å². The van der Waals surface area contributed by atoms with Crippen molar-refractivity contribution >= 4 is 11.9 Å². The summed E-state index contributed by atoms with van der Waals surface area (Å²) in [6.07, 6.45) is 92.0. The van der Waals surface area contributed by atoms with E-state index in [2.05, 4.69) is 19.2 Å². The highest BCUT2D eigenvalue weighted by Gasteiger charge is 2.20. The highest BCUT2D eigenvalue weighted by molar-refractivity contribution is 5.76. The molecule has 0 aliphatic heterocycles. The minimum absolute atomic E-state index is 0.0218. The number of ether oxygens (including phenoxy) is 1. The molecule has 0 fully saturated rings. The van der Waals surface area contributed by atoms with Crippen LogP contribution in [0.25, 0.3) is 0 Å². The van der Waals surface area contributed by atoms with E-state index in [1.807, 2.05) is 0 Å². The predicted molar refractivity (Wildman–Crippen MR) is 371 cm³/mol. The van der Waals surface area contributed by atoms with E-state index in [-0.39, 0.29) is 18.5 Å². The summed E-state index contributed by atoms with van der Waals surface area (Å²) in [5, 5.41) is 23.5. The van der Waals surface area contributed by atoms with E-state index in [9.17, 15) is 19.8 Å². The molecule has 0 saturated heterocycles. The summed E-state index contributed by atoms with van der Waals surface area (Å²) >= 11 is 0. The molecule has 0 aliphatic rings. The summed E-state index contributed by atoms with van der Waals surface area (Å²) in [6.45, 7) is 5.01. The first-order valence-electron chi connectivity index (χ1n) is 39.3. The number of aliphatic hydroxyl groups excluding tert-OH is 2. The number of carbonyl (C=O) groups excluding carboxylic acids is 2. The molecule has 0 aliphatic carbocycles. The Bertz CT molecular complexity index is 1230. The number of unbranched alkanes of at least 4 members (excludes halogenated alkanes) is 64. The van der Waals surface area contributed by atoms with Gasteiger partial charge in [-0.15, -0.1) is 0 Å². The molecule has 0 saturated carbocycles. The van der Waals surface area contributed by atoms with Gasteiger partial charge in [-0.3, -0.25) is 9.59 Å². The van der Waals surface area contributed by atoms with Crippen molar-refractivity contribution in [2.24, 2.45) is 0 Å². The fourth-order valence-corrected chi connectivity index (χ4v) is 12.9. The molecule has 0 heterocycles. The van der Waals surface area contributed by atoms with Crippen LogP contribution in [0.5, 0.6) is 0 Å². The Morgan fingerprint density at radius 1 is 0.286 bits per heavy atom. The number of esters is 1. The second kappa shape index (κ2) is 74.3. The number of rotatable bonds is 75. The highest BCUT2D eigenvalue weighted by Crippen LogP contribution is 2.21. The Hall–Kier alpha value is -1.14. The van der Waals surface area contributed by atoms with Gasteiger partial charge in [-0.25, -0.2) is 0 Å². The molecule has 84 heavy (non-hydrogen) atoms. The molecule has 0 radical (unpaired) electrons. The molecule has 502 valence electrons. The van der Waals surface area contributed by atoms with Crippen LogP contribution in [0.15, 0.2) is 0 Å². The lowest BCUT2D eigenvalue weighted by atomic mass is 10.0. The van der Waals surface area contributed by atoms with Gasteiger partial charge in [0.15, 0.2) is 0 Å². The van der Waals surface area contributed by atoms with E-state index in [4.69, 9.17) is 4.74 Å². The van der Waals surface area contributed by atoms with Gasteiger partial charge in [-0.1, -0.05) is 425 Å². The maximum Gasteiger partial charge on any atom is 0.305 e. The fourth-order valence-electron chi connectivity index (χ4n) is 12.9. The molecule has 6 nitrogen and oxygen atoms in total. The Balaban J connectivity index is 3.33. The smallest absolute Gasteiger partial charge is 0.305 e. The number of nitrogens with one attached hydrogen (secondary N) is 1. The molecule has 0 aromatic rings. The second-order valence-electron chi connectivity index (χ2n) is 27.4. The summed E-state index contributed by atoms with van der Waals surface area (Å²) in [6, 6.07) is -0.539. The molecular weight excluding hydrogens is 1030 g/mol. The quantitative estimate of drug-likeness (QED) is 0.0417. The van der Waals surface area contributed by atoms with Crippen LogP contribution in [-0.4, -0.2) is 47.4 Å². The lowest BCUT2D eigenvalue weighted by Gasteiger charge is -2.22. The molecule has 3 N–H and O–H groups in total. The Morgan fingerprint density at radius 2 is 0.488 bits per heavy atom. The van der Waals surface area contributed by atoms with Crippen molar-refractivity contribution in [3.8, 4) is 0 Å². The maximum atomic E-state index is 12.6. The number of carbonyl (C=O) groups is 2. The molecule has 1 amide bonds. The molecule has 2 atom stereocenters. The van der Waals surface area contributed by atoms with Gasteiger partial charge in [0.2, 0.25) is 5.91 Å². The average molecular weight is 1190 g/mol. The zero-order chi connectivity index (χ0) is 60.6. The third-order valence-corrected chi connectivity index (χ3v) is 18.9. The van der Waals surface area contributed by atoms with Gasteiger partial charge in [-0.2, -0.15) is 0 Å². The van der Waals surface area contributed by atoms with Crippen molar-refractivity contribution < 1.29 is 24.5 Å². The highest BCUT2D eigenvalue weighted by atomic mass is 16.5. The third-order valence-electron chi connectivity index (χ3n) is 18.9. The van der Waals surface area contributed by atoms with Crippen LogP contribution in [-0.2, 0) is 14.3 Å². The van der Waals surface area contributed by atoms with Gasteiger partial charge in [0, 0.05) is 12.8 Å². The van der Waals surface area contributed by atoms with Crippen molar-refractivity contribution in [1.82, 2.24) is 5.32 Å². The largest absolute Gasteiger partial charge is 0.466 e. The van der Waals surface area contributed by atoms with Gasteiger partial charge >= 0.3 is 5.97 Å². The third kappa shape index (κ3) is 70.0. The van der Waals surface area contributed by atoms with Crippen LogP contribution in [0, 0.1) is 0 Å². The van der Waals surface area contributed by atoms with Gasteiger partial charge in [0.1, 0.15) is 0 Å². The van der Waals surface area contributed by atoms with E-state index in [1.165, 1.54) is 392 Å². The van der Waals surface area contributed by atoms with Crippen LogP contribution in [0.3, 0.4) is 0 Å². The molecule has 0 aromatic heterocycles. The topological polar surface area (TPSA) is 95.9 Å². The summed E-state index contributed by atoms with van der Waals surface area (Å²) in [5.41, 5.74) is 0. The molecule has 2 unspecified atom stereocenters. The second-order valence-corrected chi connectivity index (χ2v) is 27.4. The maximum absolute atomic E-state index is 12.6. The van der Waals surface area contributed by atoms with Gasteiger partial charge < -0.3 is 20.3 Å². The first-order valence-corrected chi connectivity index (χ1v) is 39.3. The van der Waals surface area contributed by atoms with Crippen LogP contribution in [0.4, 0.5) is 0 Å². The average Bonchev–Trinajstić information content (AvgIpc) is 3.52. The van der Waals surface area contributed by atoms with Gasteiger partial charge in [-0.05, 0) is 25.7 Å². The van der Waals surface area contributed by atoms with Crippen molar-refractivity contribution in [1.29, 1.82) is 0 Å². The number of amides is 1. The van der Waals surface area contributed by atoms with E-state index in [0.29, 0.717) is 25.9 Å².